The minimum atomic E-state index is -0.538. The Hall–Kier alpha value is -3.54. The lowest BCUT2D eigenvalue weighted by Gasteiger charge is -2.11. The molecule has 5 nitrogen and oxygen atoms in total. The fourth-order valence-electron chi connectivity index (χ4n) is 3.59. The van der Waals surface area contributed by atoms with Gasteiger partial charge in [-0.2, -0.15) is 0 Å². The molecule has 0 aliphatic heterocycles. The zero-order valence-corrected chi connectivity index (χ0v) is 15.0. The Labute approximate surface area is 160 Å². The standard InChI is InChI=1S/C22H17FN4O/c23-18-7-5-14(10-17(18)13-3-4-13)21-16(2-1-9-25-21)15-6-8-20-26-11-19(22(24)28)27(20)12-15/h1-2,5-13H,3-4H2,(H2,24,28). The number of pyridine rings is 2. The first-order valence-corrected chi connectivity index (χ1v) is 9.14. The fraction of sp³-hybridized carbons (Fsp3) is 0.136. The highest BCUT2D eigenvalue weighted by molar-refractivity contribution is 5.92. The molecule has 28 heavy (non-hydrogen) atoms. The minimum absolute atomic E-state index is 0.158. The van der Waals surface area contributed by atoms with E-state index in [1.165, 1.54) is 12.3 Å². The number of hydrogen-bond acceptors (Lipinski definition) is 3. The molecule has 1 saturated carbocycles. The summed E-state index contributed by atoms with van der Waals surface area (Å²) in [6.45, 7) is 0. The average Bonchev–Trinajstić information content (AvgIpc) is 3.46. The van der Waals surface area contributed by atoms with E-state index in [4.69, 9.17) is 5.73 Å². The molecular weight excluding hydrogens is 355 g/mol. The number of nitrogens with zero attached hydrogens (tertiary/aromatic N) is 3. The third-order valence-corrected chi connectivity index (χ3v) is 5.16. The maximum absolute atomic E-state index is 14.2. The molecule has 5 rings (SSSR count). The van der Waals surface area contributed by atoms with Gasteiger partial charge in [0.1, 0.15) is 17.2 Å². The maximum atomic E-state index is 14.2. The Morgan fingerprint density at radius 3 is 2.71 bits per heavy atom. The number of imidazole rings is 1. The summed E-state index contributed by atoms with van der Waals surface area (Å²) in [4.78, 5) is 20.4. The number of nitrogens with two attached hydrogens (primary N) is 1. The van der Waals surface area contributed by atoms with Crippen molar-refractivity contribution in [2.24, 2.45) is 5.73 Å². The van der Waals surface area contributed by atoms with Crippen molar-refractivity contribution in [1.82, 2.24) is 14.4 Å². The highest BCUT2D eigenvalue weighted by atomic mass is 19.1. The third-order valence-electron chi connectivity index (χ3n) is 5.16. The molecule has 0 radical (unpaired) electrons. The van der Waals surface area contributed by atoms with Gasteiger partial charge < -0.3 is 5.73 Å². The van der Waals surface area contributed by atoms with Gasteiger partial charge in [0, 0.05) is 29.1 Å². The number of primary amides is 1. The number of rotatable bonds is 4. The second kappa shape index (κ2) is 6.27. The van der Waals surface area contributed by atoms with Gasteiger partial charge in [0.15, 0.2) is 0 Å². The van der Waals surface area contributed by atoms with Crippen molar-refractivity contribution in [1.29, 1.82) is 0 Å². The molecule has 1 aliphatic carbocycles. The first kappa shape index (κ1) is 16.6. The highest BCUT2D eigenvalue weighted by Gasteiger charge is 2.27. The van der Waals surface area contributed by atoms with Crippen LogP contribution < -0.4 is 5.73 Å². The molecule has 0 saturated heterocycles. The molecule has 1 fully saturated rings. The molecule has 6 heteroatoms. The molecule has 2 N–H and O–H groups in total. The van der Waals surface area contributed by atoms with Crippen molar-refractivity contribution >= 4 is 11.6 Å². The number of aromatic nitrogens is 3. The first-order chi connectivity index (χ1) is 13.6. The smallest absolute Gasteiger partial charge is 0.267 e. The van der Waals surface area contributed by atoms with Crippen molar-refractivity contribution in [3.05, 3.63) is 78.1 Å². The lowest BCUT2D eigenvalue weighted by Crippen LogP contribution is -2.13. The molecule has 1 amide bonds. The van der Waals surface area contributed by atoms with Crippen LogP contribution in [0.4, 0.5) is 4.39 Å². The van der Waals surface area contributed by atoms with E-state index in [-0.39, 0.29) is 5.82 Å². The molecule has 0 atom stereocenters. The van der Waals surface area contributed by atoms with Crippen molar-refractivity contribution in [2.45, 2.75) is 18.8 Å². The molecule has 4 aromatic rings. The maximum Gasteiger partial charge on any atom is 0.267 e. The average molecular weight is 372 g/mol. The van der Waals surface area contributed by atoms with Crippen LogP contribution in [0.3, 0.4) is 0 Å². The molecule has 138 valence electrons. The summed E-state index contributed by atoms with van der Waals surface area (Å²) in [7, 11) is 0. The number of carbonyl (C=O) groups excluding carboxylic acids is 1. The van der Waals surface area contributed by atoms with Crippen molar-refractivity contribution in [3.63, 3.8) is 0 Å². The van der Waals surface area contributed by atoms with Crippen LogP contribution in [0.15, 0.2) is 61.1 Å². The van der Waals surface area contributed by atoms with Gasteiger partial charge >= 0.3 is 0 Å². The lowest BCUT2D eigenvalue weighted by atomic mass is 9.98. The predicted octanol–water partition coefficient (Wildman–Crippen LogP) is 4.18. The van der Waals surface area contributed by atoms with Gasteiger partial charge in [-0.25, -0.2) is 9.37 Å². The van der Waals surface area contributed by atoms with E-state index >= 15 is 0 Å². The second-order valence-electron chi connectivity index (χ2n) is 7.06. The van der Waals surface area contributed by atoms with Gasteiger partial charge in [0.25, 0.3) is 5.91 Å². The monoisotopic (exact) mass is 372 g/mol. The molecule has 3 aromatic heterocycles. The van der Waals surface area contributed by atoms with Gasteiger partial charge in [-0.05, 0) is 60.7 Å². The molecule has 0 bridgehead atoms. The number of benzene rings is 1. The molecule has 0 unspecified atom stereocenters. The van der Waals surface area contributed by atoms with E-state index in [1.807, 2.05) is 36.5 Å². The number of fused-ring (bicyclic) bond motifs is 1. The third kappa shape index (κ3) is 2.74. The fourth-order valence-corrected chi connectivity index (χ4v) is 3.59. The van der Waals surface area contributed by atoms with Gasteiger partial charge in [0.05, 0.1) is 11.9 Å². The summed E-state index contributed by atoms with van der Waals surface area (Å²) in [6.07, 6.45) is 7.08. The summed E-state index contributed by atoms with van der Waals surface area (Å²) in [5.41, 5.74) is 10.6. The highest BCUT2D eigenvalue weighted by Crippen LogP contribution is 2.43. The van der Waals surface area contributed by atoms with Gasteiger partial charge in [0.2, 0.25) is 0 Å². The van der Waals surface area contributed by atoms with Crippen LogP contribution in [-0.2, 0) is 0 Å². The summed E-state index contributed by atoms with van der Waals surface area (Å²) in [5.74, 6) is -0.383. The van der Waals surface area contributed by atoms with E-state index in [0.29, 0.717) is 17.3 Å². The first-order valence-electron chi connectivity index (χ1n) is 9.14. The van der Waals surface area contributed by atoms with Crippen molar-refractivity contribution in [2.75, 3.05) is 0 Å². The number of halogens is 1. The minimum Gasteiger partial charge on any atom is -0.364 e. The largest absolute Gasteiger partial charge is 0.364 e. The molecule has 1 aromatic carbocycles. The van der Waals surface area contributed by atoms with Crippen LogP contribution in [0.2, 0.25) is 0 Å². The second-order valence-corrected chi connectivity index (χ2v) is 7.06. The Balaban J connectivity index is 1.67. The zero-order chi connectivity index (χ0) is 19.3. The zero-order valence-electron chi connectivity index (χ0n) is 15.0. The van der Waals surface area contributed by atoms with Crippen molar-refractivity contribution < 1.29 is 9.18 Å². The van der Waals surface area contributed by atoms with Crippen LogP contribution in [0, 0.1) is 5.82 Å². The van der Waals surface area contributed by atoms with Gasteiger partial charge in [-0.3, -0.25) is 14.2 Å². The summed E-state index contributed by atoms with van der Waals surface area (Å²) >= 11 is 0. The Morgan fingerprint density at radius 2 is 1.93 bits per heavy atom. The summed E-state index contributed by atoms with van der Waals surface area (Å²) in [5, 5.41) is 0. The Morgan fingerprint density at radius 1 is 1.11 bits per heavy atom. The van der Waals surface area contributed by atoms with E-state index in [0.717, 1.165) is 40.8 Å². The van der Waals surface area contributed by atoms with E-state index < -0.39 is 5.91 Å². The molecule has 0 spiro atoms. The predicted molar refractivity (Wildman–Crippen MR) is 104 cm³/mol. The van der Waals surface area contributed by atoms with E-state index in [1.54, 1.807) is 16.7 Å². The number of hydrogen-bond donors (Lipinski definition) is 1. The van der Waals surface area contributed by atoms with Crippen LogP contribution in [0.25, 0.3) is 28.0 Å². The van der Waals surface area contributed by atoms with Crippen LogP contribution in [0.1, 0.15) is 34.8 Å². The van der Waals surface area contributed by atoms with E-state index in [9.17, 15) is 9.18 Å². The number of carbonyl (C=O) groups is 1. The molecule has 1 aliphatic rings. The summed E-state index contributed by atoms with van der Waals surface area (Å²) < 4.78 is 15.9. The SMILES string of the molecule is NC(=O)c1cnc2ccc(-c3cccnc3-c3ccc(F)c(C4CC4)c3)cn12. The normalized spacial score (nSPS) is 13.8. The molecule has 3 heterocycles. The van der Waals surface area contributed by atoms with Crippen molar-refractivity contribution in [3.8, 4) is 22.4 Å². The lowest BCUT2D eigenvalue weighted by molar-refractivity contribution is 0.0995. The van der Waals surface area contributed by atoms with Crippen LogP contribution in [0.5, 0.6) is 0 Å². The quantitative estimate of drug-likeness (QED) is 0.584. The van der Waals surface area contributed by atoms with E-state index in [2.05, 4.69) is 9.97 Å². The Kier molecular flexibility index (Phi) is 3.72. The Bertz CT molecular complexity index is 1230. The van der Waals surface area contributed by atoms with Gasteiger partial charge in [-0.15, -0.1) is 0 Å². The van der Waals surface area contributed by atoms with Crippen LogP contribution in [-0.4, -0.2) is 20.3 Å². The van der Waals surface area contributed by atoms with Crippen LogP contribution >= 0.6 is 0 Å². The topological polar surface area (TPSA) is 73.3 Å². The van der Waals surface area contributed by atoms with Gasteiger partial charge in [-0.1, -0.05) is 6.07 Å². The summed E-state index contributed by atoms with van der Waals surface area (Å²) in [6, 6.07) is 12.8. The number of amides is 1. The molecular formula is C22H17FN4O.